The molecule has 1 fully saturated rings. The number of furan rings is 1. The molecule has 2 aromatic carbocycles. The zero-order valence-electron chi connectivity index (χ0n) is 27.2. The van der Waals surface area contributed by atoms with Crippen LogP contribution in [0.25, 0.3) is 11.0 Å². The van der Waals surface area contributed by atoms with E-state index in [2.05, 4.69) is 10.3 Å². The average Bonchev–Trinajstić information content (AvgIpc) is 3.62. The largest absolute Gasteiger partial charge is 0.497 e. The number of anilines is 1. The fourth-order valence-electron chi connectivity index (χ4n) is 4.90. The number of carbonyl (C=O) groups is 2. The number of hydrogen-bond donors (Lipinski definition) is 4. The van der Waals surface area contributed by atoms with E-state index < -0.39 is 62.5 Å². The SMILES string of the molecule is COc1cc(OC)c2oc(COC(=O)Nc3ccn([C@@H]4O[C@H](COP(=O)(O)N[C@@H](C)C(=O)OCc5ccccc5)[C@@H](O)C4(F)F)c(=O)n3)cc2c1. The van der Waals surface area contributed by atoms with Gasteiger partial charge in [-0.1, -0.05) is 30.3 Å². The predicted octanol–water partition coefficient (Wildman–Crippen LogP) is 3.49. The van der Waals surface area contributed by atoms with E-state index in [1.165, 1.54) is 21.1 Å². The lowest BCUT2D eigenvalue weighted by Gasteiger charge is -2.21. The van der Waals surface area contributed by atoms with Gasteiger partial charge in [-0.15, -0.1) is 0 Å². The van der Waals surface area contributed by atoms with Gasteiger partial charge in [-0.3, -0.25) is 19.2 Å². The van der Waals surface area contributed by atoms with Crippen LogP contribution in [0.4, 0.5) is 19.4 Å². The summed E-state index contributed by atoms with van der Waals surface area (Å²) in [5.41, 5.74) is -0.242. The highest BCUT2D eigenvalue weighted by atomic mass is 31.2. The molecule has 0 bridgehead atoms. The number of amides is 1. The summed E-state index contributed by atoms with van der Waals surface area (Å²) in [4.78, 5) is 51.1. The molecular weight excluding hydrogens is 705 g/mol. The molecule has 5 atom stereocenters. The van der Waals surface area contributed by atoms with E-state index in [4.69, 9.17) is 32.6 Å². The maximum atomic E-state index is 15.1. The Labute approximate surface area is 287 Å². The number of esters is 1. The smallest absolute Gasteiger partial charge is 0.413 e. The highest BCUT2D eigenvalue weighted by molar-refractivity contribution is 7.50. The molecule has 4 aromatic rings. The molecule has 2 aromatic heterocycles. The van der Waals surface area contributed by atoms with Crippen LogP contribution in [0.1, 0.15) is 24.5 Å². The number of fused-ring (bicyclic) bond motifs is 1. The number of aliphatic hydroxyl groups is 1. The van der Waals surface area contributed by atoms with Crippen LogP contribution in [0.2, 0.25) is 0 Å². The number of carbonyl (C=O) groups excluding carboxylic acids is 2. The second kappa shape index (κ2) is 15.5. The van der Waals surface area contributed by atoms with Gasteiger partial charge in [0.2, 0.25) is 6.23 Å². The van der Waals surface area contributed by atoms with Crippen molar-refractivity contribution in [2.24, 2.45) is 0 Å². The highest BCUT2D eigenvalue weighted by Gasteiger charge is 2.60. The summed E-state index contributed by atoms with van der Waals surface area (Å²) in [5, 5.41) is 15.1. The number of benzene rings is 2. The maximum Gasteiger partial charge on any atom is 0.413 e. The van der Waals surface area contributed by atoms with Crippen LogP contribution in [0, 0.1) is 0 Å². The van der Waals surface area contributed by atoms with Crippen molar-refractivity contribution in [2.45, 2.75) is 50.5 Å². The molecule has 1 amide bonds. The van der Waals surface area contributed by atoms with Crippen molar-refractivity contribution in [1.82, 2.24) is 14.6 Å². The van der Waals surface area contributed by atoms with E-state index in [0.717, 1.165) is 12.3 Å². The second-order valence-electron chi connectivity index (χ2n) is 11.1. The van der Waals surface area contributed by atoms with Crippen LogP contribution in [0.3, 0.4) is 0 Å². The van der Waals surface area contributed by atoms with Gasteiger partial charge < -0.3 is 38.1 Å². The molecule has 20 heteroatoms. The zero-order valence-corrected chi connectivity index (χ0v) is 28.1. The zero-order chi connectivity index (χ0) is 36.9. The first-order chi connectivity index (χ1) is 24.2. The van der Waals surface area contributed by atoms with E-state index in [1.807, 2.05) is 5.09 Å². The molecule has 0 spiro atoms. The Morgan fingerprint density at radius 3 is 2.53 bits per heavy atom. The number of hydrogen-bond acceptors (Lipinski definition) is 13. The quantitative estimate of drug-likeness (QED) is 0.108. The molecule has 1 saturated heterocycles. The van der Waals surface area contributed by atoms with Gasteiger partial charge in [-0.25, -0.2) is 19.2 Å². The van der Waals surface area contributed by atoms with E-state index >= 15 is 8.78 Å². The molecule has 0 aliphatic carbocycles. The Kier molecular flexibility index (Phi) is 11.4. The van der Waals surface area contributed by atoms with Gasteiger partial charge in [0.15, 0.2) is 24.0 Å². The Bertz CT molecular complexity index is 1980. The molecule has 0 saturated carbocycles. The van der Waals surface area contributed by atoms with Gasteiger partial charge in [0, 0.05) is 17.6 Å². The van der Waals surface area contributed by atoms with Crippen LogP contribution < -0.4 is 25.6 Å². The molecule has 274 valence electrons. The lowest BCUT2D eigenvalue weighted by molar-refractivity contribution is -0.146. The first kappa shape index (κ1) is 37.3. The summed E-state index contributed by atoms with van der Waals surface area (Å²) in [5.74, 6) is -4.21. The minimum absolute atomic E-state index is 0.104. The molecule has 5 rings (SSSR count). The van der Waals surface area contributed by atoms with Gasteiger partial charge in [-0.05, 0) is 30.7 Å². The fraction of sp³-hybridized carbons (Fsp3) is 0.355. The monoisotopic (exact) mass is 738 g/mol. The average molecular weight is 739 g/mol. The maximum absolute atomic E-state index is 15.1. The van der Waals surface area contributed by atoms with Gasteiger partial charge in [0.25, 0.3) is 0 Å². The Morgan fingerprint density at radius 2 is 1.84 bits per heavy atom. The number of halogens is 2. The van der Waals surface area contributed by atoms with E-state index in [9.17, 15) is 28.9 Å². The van der Waals surface area contributed by atoms with E-state index in [0.29, 0.717) is 32.6 Å². The van der Waals surface area contributed by atoms with Crippen molar-refractivity contribution in [3.05, 3.63) is 82.6 Å². The first-order valence-corrected chi connectivity index (χ1v) is 16.6. The normalized spacial score (nSPS) is 19.9. The standard InChI is InChI=1S/C31H33F2N4O13P/c1-17(27(39)46-14-18-7-5-4-6-8-18)36-51(42,43)48-16-23-26(38)31(32,33)28(50-23)37-10-9-24(34-29(37)40)35-30(41)47-15-21-12-19-11-20(44-2)13-22(45-3)25(19)49-21/h4-13,17,23,26,28,38H,14-16H2,1-3H3,(H2,36,42,43)(H,34,35,40,41)/t17-,23+,26+,28+/m0/s1. The van der Waals surface area contributed by atoms with Crippen molar-refractivity contribution < 1.29 is 65.6 Å². The molecule has 1 aliphatic heterocycles. The van der Waals surface area contributed by atoms with Crippen LogP contribution in [0.15, 0.2) is 70.0 Å². The van der Waals surface area contributed by atoms with Crippen LogP contribution in [-0.4, -0.2) is 76.6 Å². The van der Waals surface area contributed by atoms with Crippen molar-refractivity contribution in [3.8, 4) is 11.5 Å². The molecule has 1 aliphatic rings. The molecule has 0 radical (unpaired) electrons. The lowest BCUT2D eigenvalue weighted by atomic mass is 10.1. The second-order valence-corrected chi connectivity index (χ2v) is 12.6. The number of nitrogens with one attached hydrogen (secondary N) is 2. The van der Waals surface area contributed by atoms with Crippen molar-refractivity contribution in [3.63, 3.8) is 0 Å². The van der Waals surface area contributed by atoms with Crippen LogP contribution >= 0.6 is 7.75 Å². The number of aliphatic hydroxyl groups excluding tert-OH is 1. The number of ether oxygens (including phenoxy) is 5. The third-order valence-corrected chi connectivity index (χ3v) is 8.66. The van der Waals surface area contributed by atoms with Crippen LogP contribution in [0.5, 0.6) is 11.5 Å². The Morgan fingerprint density at radius 1 is 1.10 bits per heavy atom. The fourth-order valence-corrected chi connectivity index (χ4v) is 5.91. The number of aromatic nitrogens is 2. The first-order valence-electron chi connectivity index (χ1n) is 15.0. The number of methoxy groups -OCH3 is 2. The number of rotatable bonds is 14. The third-order valence-electron chi connectivity index (χ3n) is 7.45. The molecular formula is C31H33F2N4O13P. The topological polar surface area (TPSA) is 219 Å². The lowest BCUT2D eigenvalue weighted by Crippen LogP contribution is -2.42. The molecule has 3 heterocycles. The number of nitrogens with zero attached hydrogens (tertiary/aromatic N) is 2. The molecule has 1 unspecified atom stereocenters. The predicted molar refractivity (Wildman–Crippen MR) is 171 cm³/mol. The van der Waals surface area contributed by atoms with Crippen molar-refractivity contribution in [2.75, 3.05) is 26.1 Å². The van der Waals surface area contributed by atoms with Crippen molar-refractivity contribution in [1.29, 1.82) is 0 Å². The summed E-state index contributed by atoms with van der Waals surface area (Å²) >= 11 is 0. The Balaban J connectivity index is 1.14. The minimum Gasteiger partial charge on any atom is -0.497 e. The summed E-state index contributed by atoms with van der Waals surface area (Å²) < 4.78 is 79.4. The number of alkyl halides is 2. The van der Waals surface area contributed by atoms with Gasteiger partial charge in [0.05, 0.1) is 20.8 Å². The molecule has 51 heavy (non-hydrogen) atoms. The van der Waals surface area contributed by atoms with Gasteiger partial charge in [-0.2, -0.15) is 13.8 Å². The Hall–Kier alpha value is -4.91. The third kappa shape index (κ3) is 8.88. The summed E-state index contributed by atoms with van der Waals surface area (Å²) in [6.07, 6.45) is -7.12. The van der Waals surface area contributed by atoms with Gasteiger partial charge in [0.1, 0.15) is 36.1 Å². The molecule has 4 N–H and O–H groups in total. The summed E-state index contributed by atoms with van der Waals surface area (Å²) in [6.45, 7) is -0.260. The van der Waals surface area contributed by atoms with Gasteiger partial charge >= 0.3 is 31.4 Å². The van der Waals surface area contributed by atoms with Crippen LogP contribution in [-0.2, 0) is 41.3 Å². The highest BCUT2D eigenvalue weighted by Crippen LogP contribution is 2.45. The summed E-state index contributed by atoms with van der Waals surface area (Å²) in [7, 11) is -1.89. The van der Waals surface area contributed by atoms with E-state index in [-0.39, 0.29) is 24.8 Å². The molecule has 17 nitrogen and oxygen atoms in total. The minimum atomic E-state index is -4.82. The van der Waals surface area contributed by atoms with E-state index in [1.54, 1.807) is 48.5 Å². The van der Waals surface area contributed by atoms with Crippen molar-refractivity contribution >= 4 is 36.6 Å². The summed E-state index contributed by atoms with van der Waals surface area (Å²) in [6, 6.07) is 13.2.